The van der Waals surface area contributed by atoms with E-state index in [-0.39, 0.29) is 25.0 Å². The lowest BCUT2D eigenvalue weighted by atomic mass is 9.72. The normalized spacial score (nSPS) is 30.2. The summed E-state index contributed by atoms with van der Waals surface area (Å²) in [6.45, 7) is 1.31. The lowest BCUT2D eigenvalue weighted by Crippen LogP contribution is -2.54. The molecular formula is C28H30FN7O5. The molecule has 4 saturated heterocycles. The molecule has 7 heterocycles. The second-order valence-electron chi connectivity index (χ2n) is 11.2. The zero-order valence-electron chi connectivity index (χ0n) is 22.1. The van der Waals surface area contributed by atoms with Crippen molar-refractivity contribution >= 4 is 10.9 Å². The number of benzene rings is 1. The Morgan fingerprint density at radius 3 is 2.83 bits per heavy atom. The van der Waals surface area contributed by atoms with E-state index in [0.29, 0.717) is 5.92 Å². The summed E-state index contributed by atoms with van der Waals surface area (Å²) in [4.78, 5) is 32.4. The number of nitrogens with zero attached hydrogens (tertiary/aromatic N) is 6. The van der Waals surface area contributed by atoms with Crippen LogP contribution in [-0.2, 0) is 4.74 Å². The first-order chi connectivity index (χ1) is 19.9. The van der Waals surface area contributed by atoms with Crippen LogP contribution in [0, 0.1) is 11.7 Å². The Labute approximate surface area is 233 Å². The van der Waals surface area contributed by atoms with Crippen LogP contribution in [0.5, 0.6) is 0 Å². The number of pyridine rings is 1. The molecule has 4 fully saturated rings. The molecule has 4 aromatic rings. The summed E-state index contributed by atoms with van der Waals surface area (Å²) in [5.41, 5.74) is 0.699. The van der Waals surface area contributed by atoms with E-state index in [2.05, 4.69) is 20.2 Å². The van der Waals surface area contributed by atoms with Gasteiger partial charge in [-0.2, -0.15) is 4.39 Å². The number of rotatable bonds is 6. The SMILES string of the molecule is O=c1[nH]c(=O)n(C2CC(n3cc(C4CN5CCC4CC5C(O)c4ccnc5ccccc45)nn3)C(CO)O2)cc1F. The average molecular weight is 564 g/mol. The molecule has 0 saturated carbocycles. The number of para-hydroxylation sites is 1. The smallest absolute Gasteiger partial charge is 0.330 e. The van der Waals surface area contributed by atoms with Crippen molar-refractivity contribution in [2.24, 2.45) is 5.92 Å². The predicted molar refractivity (Wildman–Crippen MR) is 143 cm³/mol. The molecule has 0 spiro atoms. The number of aromatic amines is 1. The van der Waals surface area contributed by atoms with E-state index in [1.165, 1.54) is 0 Å². The maximum atomic E-state index is 13.9. The van der Waals surface area contributed by atoms with Crippen LogP contribution in [0.4, 0.5) is 4.39 Å². The van der Waals surface area contributed by atoms with Gasteiger partial charge in [-0.05, 0) is 43.0 Å². The molecule has 1 aromatic carbocycles. The summed E-state index contributed by atoms with van der Waals surface area (Å²) in [5, 5.41) is 31.3. The summed E-state index contributed by atoms with van der Waals surface area (Å²) in [7, 11) is 0. The predicted octanol–water partition coefficient (Wildman–Crippen LogP) is 1.25. The van der Waals surface area contributed by atoms with Gasteiger partial charge in [0, 0.05) is 42.7 Å². The van der Waals surface area contributed by atoms with Crippen molar-refractivity contribution in [1.82, 2.24) is 34.4 Å². The molecule has 8 unspecified atom stereocenters. The van der Waals surface area contributed by atoms with Crippen molar-refractivity contribution in [2.75, 3.05) is 19.7 Å². The Morgan fingerprint density at radius 2 is 2.02 bits per heavy atom. The summed E-state index contributed by atoms with van der Waals surface area (Å²) in [6, 6.07) is 9.31. The van der Waals surface area contributed by atoms with Crippen LogP contribution < -0.4 is 11.2 Å². The Hall–Kier alpha value is -3.78. The highest BCUT2D eigenvalue weighted by atomic mass is 19.1. The van der Waals surface area contributed by atoms with E-state index in [9.17, 15) is 24.2 Å². The lowest BCUT2D eigenvalue weighted by Gasteiger charge is -2.50. The molecule has 4 aliphatic rings. The minimum atomic E-state index is -1.10. The van der Waals surface area contributed by atoms with Crippen molar-refractivity contribution in [3.63, 3.8) is 0 Å². The zero-order valence-corrected chi connectivity index (χ0v) is 22.1. The van der Waals surface area contributed by atoms with Crippen molar-refractivity contribution in [3.8, 4) is 0 Å². The second kappa shape index (κ2) is 10.2. The number of fused-ring (bicyclic) bond motifs is 4. The Morgan fingerprint density at radius 1 is 1.17 bits per heavy atom. The maximum Gasteiger partial charge on any atom is 0.330 e. The van der Waals surface area contributed by atoms with Crippen molar-refractivity contribution in [1.29, 1.82) is 0 Å². The van der Waals surface area contributed by atoms with E-state index in [0.717, 1.165) is 58.9 Å². The van der Waals surface area contributed by atoms with Gasteiger partial charge in [-0.25, -0.2) is 9.48 Å². The lowest BCUT2D eigenvalue weighted by molar-refractivity contribution is -0.0382. The van der Waals surface area contributed by atoms with Gasteiger partial charge in [0.25, 0.3) is 5.56 Å². The number of aliphatic hydroxyl groups is 2. The highest BCUT2D eigenvalue weighted by Crippen LogP contribution is 2.45. The molecule has 4 aliphatic heterocycles. The van der Waals surface area contributed by atoms with Crippen LogP contribution in [0.15, 0.2) is 58.5 Å². The van der Waals surface area contributed by atoms with Gasteiger partial charge in [0.05, 0.1) is 36.2 Å². The minimum absolute atomic E-state index is 0.00960. The minimum Gasteiger partial charge on any atom is -0.394 e. The molecule has 3 aromatic heterocycles. The quantitative estimate of drug-likeness (QED) is 0.315. The van der Waals surface area contributed by atoms with Gasteiger partial charge in [-0.1, -0.05) is 23.4 Å². The van der Waals surface area contributed by atoms with E-state index in [1.807, 2.05) is 41.5 Å². The molecule has 214 valence electrons. The number of hydrogen-bond donors (Lipinski definition) is 3. The molecular weight excluding hydrogens is 533 g/mol. The van der Waals surface area contributed by atoms with E-state index in [4.69, 9.17) is 4.74 Å². The van der Waals surface area contributed by atoms with Gasteiger partial charge in [0.1, 0.15) is 12.3 Å². The monoisotopic (exact) mass is 563 g/mol. The average Bonchev–Trinajstić information content (AvgIpc) is 3.66. The standard InChI is InChI=1S/C28H30FN7O5/c29-19-12-35(28(40)31-27(19)39)25-10-22(24(14-37)41-25)36-13-21(32-33-36)18-11-34-8-6-15(18)9-23(34)26(38)17-5-7-30-20-4-2-1-3-16(17)20/h1-5,7,12-13,15,18,22-26,37-38H,6,8-11,14H2,(H,31,39,40). The van der Waals surface area contributed by atoms with Gasteiger partial charge in [-0.15, -0.1) is 5.10 Å². The van der Waals surface area contributed by atoms with Crippen molar-refractivity contribution in [2.45, 2.75) is 55.7 Å². The molecule has 12 nitrogen and oxygen atoms in total. The van der Waals surface area contributed by atoms with Crippen molar-refractivity contribution < 1.29 is 19.3 Å². The highest BCUT2D eigenvalue weighted by molar-refractivity contribution is 5.82. The van der Waals surface area contributed by atoms with Crippen LogP contribution in [0.1, 0.15) is 54.8 Å². The van der Waals surface area contributed by atoms with Gasteiger partial charge in [0.15, 0.2) is 0 Å². The van der Waals surface area contributed by atoms with Crippen LogP contribution in [0.3, 0.4) is 0 Å². The van der Waals surface area contributed by atoms with Gasteiger partial charge < -0.3 is 14.9 Å². The molecule has 8 atom stereocenters. The number of H-pyrrole nitrogens is 1. The van der Waals surface area contributed by atoms with E-state index in [1.54, 1.807) is 10.9 Å². The van der Waals surface area contributed by atoms with E-state index >= 15 is 0 Å². The van der Waals surface area contributed by atoms with Crippen LogP contribution >= 0.6 is 0 Å². The van der Waals surface area contributed by atoms with Gasteiger partial charge in [0.2, 0.25) is 5.82 Å². The number of halogens is 1. The third-order valence-corrected chi connectivity index (χ3v) is 9.03. The maximum absolute atomic E-state index is 13.9. The van der Waals surface area contributed by atoms with Crippen LogP contribution in [-0.4, -0.2) is 76.5 Å². The van der Waals surface area contributed by atoms with Gasteiger partial charge in [-0.3, -0.25) is 24.2 Å². The largest absolute Gasteiger partial charge is 0.394 e. The summed E-state index contributed by atoms with van der Waals surface area (Å²) in [6.07, 6.45) is 4.26. The Balaban J connectivity index is 1.09. The first-order valence-corrected chi connectivity index (χ1v) is 13.9. The molecule has 0 aliphatic carbocycles. The molecule has 0 radical (unpaired) electrons. The first-order valence-electron chi connectivity index (χ1n) is 13.9. The summed E-state index contributed by atoms with van der Waals surface area (Å²) in [5.74, 6) is -0.637. The van der Waals surface area contributed by atoms with Crippen molar-refractivity contribution in [3.05, 3.63) is 86.8 Å². The Kier molecular flexibility index (Phi) is 6.53. The molecule has 41 heavy (non-hydrogen) atoms. The number of aliphatic hydroxyl groups excluding tert-OH is 2. The Bertz CT molecular complexity index is 1700. The number of aromatic nitrogens is 6. The first kappa shape index (κ1) is 26.1. The molecule has 2 bridgehead atoms. The summed E-state index contributed by atoms with van der Waals surface area (Å²) < 4.78 is 22.4. The van der Waals surface area contributed by atoms with Crippen LogP contribution in [0.2, 0.25) is 0 Å². The number of piperidine rings is 3. The number of nitrogens with one attached hydrogen (secondary N) is 1. The number of hydrogen-bond acceptors (Lipinski definition) is 9. The molecule has 3 N–H and O–H groups in total. The van der Waals surface area contributed by atoms with Crippen LogP contribution in [0.25, 0.3) is 10.9 Å². The summed E-state index contributed by atoms with van der Waals surface area (Å²) >= 11 is 0. The highest BCUT2D eigenvalue weighted by Gasteiger charge is 2.45. The fraction of sp³-hybridized carbons (Fsp3) is 0.464. The molecule has 0 amide bonds. The zero-order chi connectivity index (χ0) is 28.2. The topological polar surface area (TPSA) is 151 Å². The molecule has 13 heteroatoms. The molecule has 8 rings (SSSR count). The van der Waals surface area contributed by atoms with E-state index < -0.39 is 41.5 Å². The number of ether oxygens (including phenoxy) is 1. The van der Waals surface area contributed by atoms with Gasteiger partial charge >= 0.3 is 5.69 Å². The third kappa shape index (κ3) is 4.49. The fourth-order valence-corrected chi connectivity index (χ4v) is 6.94. The second-order valence-corrected chi connectivity index (χ2v) is 11.2. The third-order valence-electron chi connectivity index (χ3n) is 9.03. The fourth-order valence-electron chi connectivity index (χ4n) is 6.94.